The van der Waals surface area contributed by atoms with Crippen LogP contribution in [0.25, 0.3) is 0 Å². The molecule has 2 aliphatic heterocycles. The number of ether oxygens (including phenoxy) is 1. The summed E-state index contributed by atoms with van der Waals surface area (Å²) in [5.74, 6) is -3.34. The number of anilines is 2. The van der Waals surface area contributed by atoms with Gasteiger partial charge >= 0.3 is 4.87 Å². The van der Waals surface area contributed by atoms with Gasteiger partial charge in [-0.1, -0.05) is 22.9 Å². The van der Waals surface area contributed by atoms with E-state index in [0.29, 0.717) is 34.1 Å². The van der Waals surface area contributed by atoms with Crippen LogP contribution in [0, 0.1) is 41.2 Å². The quantitative estimate of drug-likeness (QED) is 0.240. The van der Waals surface area contributed by atoms with Crippen molar-refractivity contribution in [3.8, 4) is 5.75 Å². The van der Waals surface area contributed by atoms with Gasteiger partial charge in [0, 0.05) is 32.3 Å². The number of imide groups is 1. The maximum atomic E-state index is 13.9. The van der Waals surface area contributed by atoms with Gasteiger partial charge in [0.25, 0.3) is 5.91 Å². The normalized spacial score (nSPS) is 27.4. The predicted molar refractivity (Wildman–Crippen MR) is 169 cm³/mol. The third-order valence-electron chi connectivity index (χ3n) is 9.60. The van der Waals surface area contributed by atoms with Crippen LogP contribution in [0.15, 0.2) is 76.6 Å². The molecule has 0 spiro atoms. The number of halogens is 3. The van der Waals surface area contributed by atoms with Crippen molar-refractivity contribution < 1.29 is 27.9 Å². The van der Waals surface area contributed by atoms with Crippen molar-refractivity contribution in [2.45, 2.75) is 22.6 Å². The molecule has 7 atom stereocenters. The van der Waals surface area contributed by atoms with Crippen LogP contribution in [0.5, 0.6) is 5.75 Å². The van der Waals surface area contributed by atoms with Crippen molar-refractivity contribution in [1.82, 2.24) is 4.98 Å². The van der Waals surface area contributed by atoms with Crippen molar-refractivity contribution in [1.29, 1.82) is 0 Å². The van der Waals surface area contributed by atoms with Crippen molar-refractivity contribution in [3.05, 3.63) is 103 Å². The third-order valence-corrected chi connectivity index (χ3v) is 12.4. The van der Waals surface area contributed by atoms with Gasteiger partial charge in [0.1, 0.15) is 17.4 Å². The molecule has 8 rings (SSSR count). The Kier molecular flexibility index (Phi) is 7.07. The van der Waals surface area contributed by atoms with E-state index in [1.807, 2.05) is 0 Å². The van der Waals surface area contributed by atoms with Gasteiger partial charge in [0.05, 0.1) is 22.5 Å². The van der Waals surface area contributed by atoms with Gasteiger partial charge in [-0.2, -0.15) is 0 Å². The Bertz CT molecular complexity index is 1970. The summed E-state index contributed by atoms with van der Waals surface area (Å²) in [4.78, 5) is 58.0. The number of hydrogen-bond acceptors (Lipinski definition) is 7. The highest BCUT2D eigenvalue weighted by molar-refractivity contribution is 8.00. The van der Waals surface area contributed by atoms with Gasteiger partial charge in [-0.15, -0.1) is 11.8 Å². The van der Waals surface area contributed by atoms with Crippen molar-refractivity contribution in [3.63, 3.8) is 0 Å². The number of amides is 3. The van der Waals surface area contributed by atoms with Gasteiger partial charge in [0.2, 0.25) is 11.8 Å². The molecule has 0 radical (unpaired) electrons. The fourth-order valence-corrected chi connectivity index (χ4v) is 11.0. The molecular weight excluding hydrogens is 656 g/mol. The molecule has 2 saturated carbocycles. The molecule has 46 heavy (non-hydrogen) atoms. The largest absolute Gasteiger partial charge is 0.483 e. The van der Waals surface area contributed by atoms with Crippen molar-refractivity contribution in [2.24, 2.45) is 29.6 Å². The molecule has 234 valence electrons. The number of aromatic amines is 1. The lowest BCUT2D eigenvalue weighted by atomic mass is 9.68. The molecule has 1 saturated heterocycles. The highest BCUT2D eigenvalue weighted by Gasteiger charge is 2.69. The highest BCUT2D eigenvalue weighted by atomic mass is 35.5. The minimum absolute atomic E-state index is 0.0764. The van der Waals surface area contributed by atoms with Crippen LogP contribution in [0.3, 0.4) is 0 Å². The molecule has 6 unspecified atom stereocenters. The number of nitrogens with one attached hydrogen (secondary N) is 2. The van der Waals surface area contributed by atoms with E-state index in [0.717, 1.165) is 21.2 Å². The Morgan fingerprint density at radius 3 is 2.35 bits per heavy atom. The van der Waals surface area contributed by atoms with Crippen LogP contribution in [0.2, 0.25) is 5.02 Å². The maximum absolute atomic E-state index is 13.9. The fraction of sp³-hybridized carbons (Fsp3) is 0.273. The van der Waals surface area contributed by atoms with E-state index in [-0.39, 0.29) is 46.3 Å². The summed E-state index contributed by atoms with van der Waals surface area (Å²) in [6.45, 7) is -0.339. The second-order valence-corrected chi connectivity index (χ2v) is 14.6. The number of hydrogen-bond donors (Lipinski definition) is 2. The molecule has 3 fully saturated rings. The minimum Gasteiger partial charge on any atom is -0.483 e. The summed E-state index contributed by atoms with van der Waals surface area (Å²) in [5, 5.41) is 3.76. The van der Waals surface area contributed by atoms with Crippen molar-refractivity contribution >= 4 is 63.8 Å². The molecule has 4 aliphatic rings. The molecule has 3 aromatic carbocycles. The standard InChI is InChI=1S/C33H24ClF2N3O5S2/c34-14-1-10-22(44-13-23(40)37-17-6-2-15(35)3-7-17)19(11-14)24-25-20-12-21(28(25)45-30-29(24)46-33(43)38-30)27-26(20)31(41)39(32(27)42)18-8-4-16(36)5-9-18/h1-11,20-21,24-28H,12-13H2,(H,37,40)(H,38,43)/t20?,21?,24-,25?,26?,27?,28?/m1/s1. The molecular formula is C33H24ClF2N3O5S2. The number of thioether (sulfide) groups is 1. The first-order valence-electron chi connectivity index (χ1n) is 14.7. The Morgan fingerprint density at radius 2 is 1.63 bits per heavy atom. The molecule has 2 aliphatic carbocycles. The Morgan fingerprint density at radius 1 is 0.957 bits per heavy atom. The van der Waals surface area contributed by atoms with E-state index in [1.54, 1.807) is 30.0 Å². The SMILES string of the molecule is O=C(COc1ccc(Cl)cc1[C@H]1c2sc(=O)[nH]c2SC2C3CC(C4C(=O)N(c5ccc(F)cc5)C(=O)C34)C21)Nc1ccc(F)cc1. The average molecular weight is 680 g/mol. The summed E-state index contributed by atoms with van der Waals surface area (Å²) in [5.41, 5.74) is 1.46. The lowest BCUT2D eigenvalue weighted by molar-refractivity contribution is -0.123. The molecule has 3 amide bonds. The number of nitrogens with zero attached hydrogens (tertiary/aromatic N) is 1. The van der Waals surface area contributed by atoms with Crippen LogP contribution in [-0.4, -0.2) is 34.6 Å². The van der Waals surface area contributed by atoms with E-state index in [9.17, 15) is 28.0 Å². The molecule has 13 heteroatoms. The monoisotopic (exact) mass is 679 g/mol. The molecule has 4 aromatic rings. The summed E-state index contributed by atoms with van der Waals surface area (Å²) >= 11 is 9.18. The summed E-state index contributed by atoms with van der Waals surface area (Å²) in [6.07, 6.45) is 0.679. The smallest absolute Gasteiger partial charge is 0.305 e. The predicted octanol–water partition coefficient (Wildman–Crippen LogP) is 6.06. The lowest BCUT2D eigenvalue weighted by Crippen LogP contribution is -2.42. The van der Waals surface area contributed by atoms with Crippen LogP contribution in [0.1, 0.15) is 22.8 Å². The fourth-order valence-electron chi connectivity index (χ4n) is 7.98. The number of aromatic nitrogens is 1. The number of carbonyl (C=O) groups is 3. The minimum atomic E-state index is -0.547. The number of carbonyl (C=O) groups excluding carboxylic acids is 3. The third kappa shape index (κ3) is 4.68. The summed E-state index contributed by atoms with van der Waals surface area (Å²) < 4.78 is 33.0. The van der Waals surface area contributed by atoms with Gasteiger partial charge < -0.3 is 15.0 Å². The van der Waals surface area contributed by atoms with E-state index >= 15 is 0 Å². The van der Waals surface area contributed by atoms with Crippen LogP contribution in [0.4, 0.5) is 20.2 Å². The zero-order valence-corrected chi connectivity index (χ0v) is 26.1. The Labute approximate surface area is 274 Å². The Balaban J connectivity index is 1.14. The van der Waals surface area contributed by atoms with E-state index in [1.165, 1.54) is 53.4 Å². The summed E-state index contributed by atoms with van der Waals surface area (Å²) in [7, 11) is 0. The summed E-state index contributed by atoms with van der Waals surface area (Å²) in [6, 6.07) is 15.9. The number of fused-ring (bicyclic) bond motifs is 9. The van der Waals surface area contributed by atoms with Gasteiger partial charge in [0.15, 0.2) is 6.61 Å². The zero-order valence-electron chi connectivity index (χ0n) is 23.7. The molecule has 2 bridgehead atoms. The van der Waals surface area contributed by atoms with Gasteiger partial charge in [-0.05, 0) is 90.9 Å². The second kappa shape index (κ2) is 11.1. The number of benzene rings is 3. The van der Waals surface area contributed by atoms with Gasteiger partial charge in [-0.3, -0.25) is 24.1 Å². The zero-order chi connectivity index (χ0) is 31.9. The lowest BCUT2D eigenvalue weighted by Gasteiger charge is -2.43. The topological polar surface area (TPSA) is 109 Å². The van der Waals surface area contributed by atoms with Crippen LogP contribution >= 0.6 is 34.7 Å². The van der Waals surface area contributed by atoms with Crippen LogP contribution in [-0.2, 0) is 14.4 Å². The maximum Gasteiger partial charge on any atom is 0.305 e. The van der Waals surface area contributed by atoms with E-state index in [2.05, 4.69) is 10.3 Å². The second-order valence-electron chi connectivity index (χ2n) is 12.0. The van der Waals surface area contributed by atoms with Gasteiger partial charge in [-0.25, -0.2) is 8.78 Å². The van der Waals surface area contributed by atoms with Crippen molar-refractivity contribution in [2.75, 3.05) is 16.8 Å². The van der Waals surface area contributed by atoms with E-state index in [4.69, 9.17) is 16.3 Å². The van der Waals surface area contributed by atoms with Crippen LogP contribution < -0.4 is 19.8 Å². The first kappa shape index (κ1) is 29.4. The highest BCUT2D eigenvalue weighted by Crippen LogP contribution is 2.69. The molecule has 2 N–H and O–H groups in total. The molecule has 8 nitrogen and oxygen atoms in total. The average Bonchev–Trinajstić information content (AvgIpc) is 3.77. The molecule has 1 aromatic heterocycles. The first-order valence-corrected chi connectivity index (χ1v) is 16.8. The first-order chi connectivity index (χ1) is 22.2. The number of H-pyrrole nitrogens is 1. The number of rotatable bonds is 6. The number of thiazole rings is 1. The Hall–Kier alpha value is -4.00. The molecule has 3 heterocycles. The van der Waals surface area contributed by atoms with E-state index < -0.39 is 35.3 Å².